The average molecular weight is 455 g/mol. The molecular weight excluding hydrogens is 425 g/mol. The third-order valence-corrected chi connectivity index (χ3v) is 9.89. The van der Waals surface area contributed by atoms with E-state index in [4.69, 9.17) is 10.5 Å². The molecule has 0 saturated heterocycles. The molecule has 3 nitrogen and oxygen atoms in total. The number of hydrogen-bond acceptors (Lipinski definition) is 3. The molecule has 2 fully saturated rings. The lowest BCUT2D eigenvalue weighted by Gasteiger charge is -2.63. The molecule has 4 heteroatoms. The van der Waals surface area contributed by atoms with Crippen molar-refractivity contribution in [2.45, 2.75) is 77.4 Å². The number of nitrogens with two attached hydrogens (primary N) is 1. The van der Waals surface area contributed by atoms with Crippen LogP contribution in [0.3, 0.4) is 0 Å². The van der Waals surface area contributed by atoms with Crippen LogP contribution < -0.4 is 5.73 Å². The van der Waals surface area contributed by atoms with Crippen molar-refractivity contribution >= 4 is 28.6 Å². The highest BCUT2D eigenvalue weighted by Crippen LogP contribution is 2.66. The molecule has 0 bridgehead atoms. The number of hydrogen-bond donors (Lipinski definition) is 1. The number of fused-ring (bicyclic) bond motifs is 5. The molecule has 2 N–H and O–H groups in total. The van der Waals surface area contributed by atoms with Gasteiger partial charge in [-0.2, -0.15) is 0 Å². The number of rotatable bonds is 1. The van der Waals surface area contributed by atoms with Crippen molar-refractivity contribution in [1.82, 2.24) is 0 Å². The largest absolute Gasteiger partial charge is 0.462 e. The maximum atomic E-state index is 11.4. The predicted molar refractivity (Wildman–Crippen MR) is 108 cm³/mol. The lowest BCUT2D eigenvalue weighted by molar-refractivity contribution is -0.148. The summed E-state index contributed by atoms with van der Waals surface area (Å²) in [5, 5.41) is 0. The van der Waals surface area contributed by atoms with Gasteiger partial charge in [0.05, 0.1) is 0 Å². The lowest BCUT2D eigenvalue weighted by Crippen LogP contribution is -2.67. The Labute approximate surface area is 165 Å². The summed E-state index contributed by atoms with van der Waals surface area (Å²) in [6.45, 7) is 6.37. The number of carbonyl (C=O) groups excluding carboxylic acids is 1. The van der Waals surface area contributed by atoms with Crippen LogP contribution in [-0.2, 0) is 9.53 Å². The zero-order chi connectivity index (χ0) is 18.0. The maximum absolute atomic E-state index is 11.4. The second-order valence-electron chi connectivity index (χ2n) is 9.23. The van der Waals surface area contributed by atoms with Crippen LogP contribution in [0.15, 0.2) is 21.3 Å². The molecule has 0 radical (unpaired) electrons. The first-order valence-electron chi connectivity index (χ1n) is 9.72. The number of allylic oxidation sites excluding steroid dienone is 3. The van der Waals surface area contributed by atoms with Gasteiger partial charge in [0.25, 0.3) is 0 Å². The zero-order valence-electron chi connectivity index (χ0n) is 15.6. The molecule has 4 rings (SSSR count). The summed E-state index contributed by atoms with van der Waals surface area (Å²) in [5.41, 5.74) is 9.02. The van der Waals surface area contributed by atoms with E-state index in [0.29, 0.717) is 17.3 Å². The van der Waals surface area contributed by atoms with E-state index < -0.39 is 0 Å². The van der Waals surface area contributed by atoms with Gasteiger partial charge in [0, 0.05) is 29.7 Å². The minimum absolute atomic E-state index is 0.0416. The normalized spacial score (nSPS) is 48.6. The highest BCUT2D eigenvalue weighted by atomic mass is 127. The third kappa shape index (κ3) is 2.42. The minimum atomic E-state index is -0.162. The molecule has 0 amide bonds. The van der Waals surface area contributed by atoms with Gasteiger partial charge in [0.2, 0.25) is 0 Å². The van der Waals surface area contributed by atoms with Gasteiger partial charge in [-0.25, -0.2) is 0 Å². The second-order valence-corrected chi connectivity index (χ2v) is 10.4. The fourth-order valence-corrected chi connectivity index (χ4v) is 7.44. The van der Waals surface area contributed by atoms with E-state index in [0.717, 1.165) is 32.1 Å². The smallest absolute Gasteiger partial charge is 0.302 e. The first-order valence-corrected chi connectivity index (χ1v) is 10.8. The van der Waals surface area contributed by atoms with Crippen LogP contribution in [-0.4, -0.2) is 17.6 Å². The Kier molecular flexibility index (Phi) is 4.19. The Balaban J connectivity index is 1.65. The van der Waals surface area contributed by atoms with Gasteiger partial charge in [-0.15, -0.1) is 0 Å². The van der Waals surface area contributed by atoms with Crippen molar-refractivity contribution < 1.29 is 9.53 Å². The summed E-state index contributed by atoms with van der Waals surface area (Å²) in [4.78, 5) is 11.4. The fraction of sp³-hybridized carbons (Fsp3) is 0.762. The molecule has 25 heavy (non-hydrogen) atoms. The summed E-state index contributed by atoms with van der Waals surface area (Å²) in [6.07, 6.45) is 12.4. The second kappa shape index (κ2) is 5.82. The van der Waals surface area contributed by atoms with Crippen LogP contribution in [0, 0.1) is 22.7 Å². The van der Waals surface area contributed by atoms with E-state index in [1.165, 1.54) is 25.3 Å². The van der Waals surface area contributed by atoms with E-state index in [1.54, 1.807) is 3.58 Å². The molecule has 6 atom stereocenters. The molecule has 2 saturated carbocycles. The summed E-state index contributed by atoms with van der Waals surface area (Å²) in [6, 6.07) is 0. The number of halogens is 1. The van der Waals surface area contributed by atoms with Crippen molar-refractivity contribution in [2.75, 3.05) is 0 Å². The molecule has 3 unspecified atom stereocenters. The molecule has 4 aliphatic carbocycles. The standard InChI is InChI=1S/C21H30INO2/c1-13(24)25-15-8-9-20(3)14(12-15)4-5-17-16-6-7-18(22)19(16,2)10-11-21(17,20)23/h4,7,15-17H,5-6,8-12,23H2,1-3H3/t15?,16-,17?,19?,20-,21+/m0/s1. The predicted octanol–water partition coefficient (Wildman–Crippen LogP) is 4.89. The highest BCUT2D eigenvalue weighted by Gasteiger charge is 2.63. The number of carbonyl (C=O) groups is 1. The molecule has 138 valence electrons. The number of ether oxygens (including phenoxy) is 1. The molecule has 0 aliphatic heterocycles. The zero-order valence-corrected chi connectivity index (χ0v) is 17.8. The molecule has 0 heterocycles. The van der Waals surface area contributed by atoms with Crippen LogP contribution in [0.4, 0.5) is 0 Å². The maximum Gasteiger partial charge on any atom is 0.302 e. The molecule has 0 spiro atoms. The van der Waals surface area contributed by atoms with E-state index in [-0.39, 0.29) is 23.0 Å². The molecular formula is C21H30INO2. The Morgan fingerprint density at radius 2 is 1.92 bits per heavy atom. The Hall–Kier alpha value is -0.360. The fourth-order valence-electron chi connectivity index (χ4n) is 6.51. The minimum Gasteiger partial charge on any atom is -0.462 e. The first kappa shape index (κ1) is 18.0. The lowest BCUT2D eigenvalue weighted by atomic mass is 9.44. The van der Waals surface area contributed by atoms with Gasteiger partial charge in [-0.05, 0) is 76.5 Å². The van der Waals surface area contributed by atoms with E-state index >= 15 is 0 Å². The number of esters is 1. The summed E-state index contributed by atoms with van der Waals surface area (Å²) < 4.78 is 7.08. The Morgan fingerprint density at radius 3 is 2.64 bits per heavy atom. The highest BCUT2D eigenvalue weighted by molar-refractivity contribution is 14.1. The van der Waals surface area contributed by atoms with Crippen LogP contribution in [0.25, 0.3) is 0 Å². The third-order valence-electron chi connectivity index (χ3n) is 8.22. The molecule has 4 aliphatic rings. The first-order chi connectivity index (χ1) is 11.7. The Bertz CT molecular complexity index is 671. The van der Waals surface area contributed by atoms with E-state index in [1.807, 2.05) is 0 Å². The topological polar surface area (TPSA) is 52.3 Å². The van der Waals surface area contributed by atoms with Gasteiger partial charge in [-0.1, -0.05) is 31.6 Å². The van der Waals surface area contributed by atoms with Crippen LogP contribution in [0.2, 0.25) is 0 Å². The van der Waals surface area contributed by atoms with Gasteiger partial charge in [0.1, 0.15) is 6.10 Å². The summed E-state index contributed by atoms with van der Waals surface area (Å²) in [7, 11) is 0. The van der Waals surface area contributed by atoms with Gasteiger partial charge < -0.3 is 10.5 Å². The molecule has 0 aromatic rings. The van der Waals surface area contributed by atoms with Crippen molar-refractivity contribution in [2.24, 2.45) is 28.4 Å². The summed E-state index contributed by atoms with van der Waals surface area (Å²) in [5.74, 6) is 1.08. The van der Waals surface area contributed by atoms with Crippen LogP contribution >= 0.6 is 22.6 Å². The monoisotopic (exact) mass is 455 g/mol. The van der Waals surface area contributed by atoms with Crippen molar-refractivity contribution in [3.8, 4) is 0 Å². The van der Waals surface area contributed by atoms with Crippen LogP contribution in [0.5, 0.6) is 0 Å². The van der Waals surface area contributed by atoms with Crippen LogP contribution in [0.1, 0.15) is 65.7 Å². The molecule has 0 aromatic heterocycles. The Morgan fingerprint density at radius 1 is 1.20 bits per heavy atom. The SMILES string of the molecule is CC(=O)OC1CC[C@@]2(C)C(=CCC3[C@@H]4CC=C(I)C4(C)CC[C@@]32N)C1. The van der Waals surface area contributed by atoms with E-state index in [9.17, 15) is 4.79 Å². The van der Waals surface area contributed by atoms with Gasteiger partial charge in [-0.3, -0.25) is 4.79 Å². The van der Waals surface area contributed by atoms with Gasteiger partial charge in [0.15, 0.2) is 0 Å². The van der Waals surface area contributed by atoms with Crippen molar-refractivity contribution in [3.63, 3.8) is 0 Å². The van der Waals surface area contributed by atoms with E-state index in [2.05, 4.69) is 48.6 Å². The van der Waals surface area contributed by atoms with Crippen molar-refractivity contribution in [3.05, 3.63) is 21.3 Å². The molecule has 0 aromatic carbocycles. The summed E-state index contributed by atoms with van der Waals surface area (Å²) >= 11 is 2.56. The average Bonchev–Trinajstić information content (AvgIpc) is 2.84. The van der Waals surface area contributed by atoms with Crippen molar-refractivity contribution in [1.29, 1.82) is 0 Å². The van der Waals surface area contributed by atoms with Gasteiger partial charge >= 0.3 is 5.97 Å². The quantitative estimate of drug-likeness (QED) is 0.348.